The molecule has 0 spiro atoms. The van der Waals surface area contributed by atoms with Crippen LogP contribution in [0.25, 0.3) is 0 Å². The first-order valence-electron chi connectivity index (χ1n) is 26.4. The second-order valence-electron chi connectivity index (χ2n) is 18.1. The van der Waals surface area contributed by atoms with E-state index < -0.39 is 18.2 Å². The SMILES string of the molecule is CCCCCCCCCCCCCC/C=C\CCCCCCCCC(O)CC(=O)NC(CO)C(O)/C=C/CC/C=C/CC/C=C/CCCCCCCCCCCCCCC. The van der Waals surface area contributed by atoms with Crippen molar-refractivity contribution in [3.63, 3.8) is 0 Å². The number of hydrogen-bond donors (Lipinski definition) is 4. The molecule has 5 heteroatoms. The van der Waals surface area contributed by atoms with Crippen molar-refractivity contribution >= 4 is 5.91 Å². The zero-order chi connectivity index (χ0) is 43.7. The molecule has 0 heterocycles. The number of hydrogen-bond acceptors (Lipinski definition) is 4. The van der Waals surface area contributed by atoms with Gasteiger partial charge in [0.2, 0.25) is 5.91 Å². The Morgan fingerprint density at radius 2 is 0.717 bits per heavy atom. The lowest BCUT2D eigenvalue weighted by molar-refractivity contribution is -0.124. The van der Waals surface area contributed by atoms with Crippen molar-refractivity contribution in [2.24, 2.45) is 0 Å². The van der Waals surface area contributed by atoms with Gasteiger partial charge in [0.1, 0.15) is 0 Å². The summed E-state index contributed by atoms with van der Waals surface area (Å²) in [6, 6.07) is -0.771. The summed E-state index contributed by atoms with van der Waals surface area (Å²) in [5.41, 5.74) is 0. The van der Waals surface area contributed by atoms with E-state index in [9.17, 15) is 20.1 Å². The van der Waals surface area contributed by atoms with Crippen LogP contribution in [-0.4, -0.2) is 46.1 Å². The van der Waals surface area contributed by atoms with Gasteiger partial charge in [0, 0.05) is 0 Å². The third-order valence-electron chi connectivity index (χ3n) is 12.1. The third-order valence-corrected chi connectivity index (χ3v) is 12.1. The molecule has 3 atom stereocenters. The molecule has 0 aromatic carbocycles. The lowest BCUT2D eigenvalue weighted by atomic mass is 10.0. The number of carbonyl (C=O) groups excluding carboxylic acids is 1. The van der Waals surface area contributed by atoms with Gasteiger partial charge in [0.25, 0.3) is 0 Å². The summed E-state index contributed by atoms with van der Waals surface area (Å²) in [6.07, 6.45) is 65.7. The lowest BCUT2D eigenvalue weighted by Crippen LogP contribution is -2.45. The Hall–Kier alpha value is -1.69. The molecule has 3 unspecified atom stereocenters. The van der Waals surface area contributed by atoms with Gasteiger partial charge in [-0.05, 0) is 70.6 Å². The lowest BCUT2D eigenvalue weighted by Gasteiger charge is -2.21. The monoisotopic (exact) mass is 842 g/mol. The van der Waals surface area contributed by atoms with Gasteiger partial charge in [-0.25, -0.2) is 0 Å². The Kier molecular flexibility index (Phi) is 48.6. The van der Waals surface area contributed by atoms with Crippen LogP contribution < -0.4 is 5.32 Å². The first-order chi connectivity index (χ1) is 29.5. The molecule has 0 rings (SSSR count). The molecular formula is C55H103NO4. The van der Waals surface area contributed by atoms with Crippen molar-refractivity contribution in [2.75, 3.05) is 6.61 Å². The van der Waals surface area contributed by atoms with Gasteiger partial charge < -0.3 is 20.6 Å². The maximum atomic E-state index is 12.5. The van der Waals surface area contributed by atoms with Gasteiger partial charge in [-0.15, -0.1) is 0 Å². The second kappa shape index (κ2) is 50.0. The molecule has 4 N–H and O–H groups in total. The van der Waals surface area contributed by atoms with Crippen LogP contribution in [0.2, 0.25) is 0 Å². The molecule has 352 valence electrons. The van der Waals surface area contributed by atoms with Gasteiger partial charge in [-0.1, -0.05) is 242 Å². The Labute approximate surface area is 374 Å². The van der Waals surface area contributed by atoms with Gasteiger partial charge >= 0.3 is 0 Å². The maximum Gasteiger partial charge on any atom is 0.222 e. The van der Waals surface area contributed by atoms with Crippen LogP contribution in [0.4, 0.5) is 0 Å². The van der Waals surface area contributed by atoms with Crippen LogP contribution in [0.15, 0.2) is 48.6 Å². The van der Waals surface area contributed by atoms with Crippen molar-refractivity contribution in [3.8, 4) is 0 Å². The molecule has 0 aliphatic heterocycles. The molecule has 60 heavy (non-hydrogen) atoms. The average molecular weight is 842 g/mol. The fourth-order valence-corrected chi connectivity index (χ4v) is 8.01. The van der Waals surface area contributed by atoms with Crippen molar-refractivity contribution in [3.05, 3.63) is 48.6 Å². The highest BCUT2D eigenvalue weighted by Gasteiger charge is 2.20. The minimum Gasteiger partial charge on any atom is -0.394 e. The molecule has 0 aliphatic rings. The van der Waals surface area contributed by atoms with E-state index in [4.69, 9.17) is 0 Å². The fourth-order valence-electron chi connectivity index (χ4n) is 8.01. The summed E-state index contributed by atoms with van der Waals surface area (Å²) in [6.45, 7) is 4.22. The quantitative estimate of drug-likeness (QED) is 0.0363. The highest BCUT2D eigenvalue weighted by Crippen LogP contribution is 2.16. The smallest absolute Gasteiger partial charge is 0.222 e. The standard InChI is InChI=1S/C55H103NO4/c1-3-5-7-9-11-13-15-17-19-21-23-25-27-29-31-33-35-37-39-41-43-45-47-49-54(59)53(51-57)56-55(60)50-52(58)48-46-44-42-40-38-36-34-32-30-28-26-24-22-20-18-16-14-12-10-8-6-4-2/h30-33,39,41,47,49,52-54,57-59H,3-29,34-38,40,42-46,48,50-51H2,1-2H3,(H,56,60)/b32-30-,33-31+,41-39+,49-47+. The summed E-state index contributed by atoms with van der Waals surface area (Å²) in [5, 5.41) is 33.4. The fraction of sp³-hybridized carbons (Fsp3) is 0.836. The van der Waals surface area contributed by atoms with Crippen molar-refractivity contribution < 1.29 is 20.1 Å². The van der Waals surface area contributed by atoms with E-state index in [1.807, 2.05) is 6.08 Å². The van der Waals surface area contributed by atoms with Gasteiger partial charge in [-0.2, -0.15) is 0 Å². The molecule has 0 saturated carbocycles. The van der Waals surface area contributed by atoms with E-state index in [0.29, 0.717) is 6.42 Å². The van der Waals surface area contributed by atoms with Gasteiger partial charge in [-0.3, -0.25) is 4.79 Å². The van der Waals surface area contributed by atoms with Crippen LogP contribution >= 0.6 is 0 Å². The van der Waals surface area contributed by atoms with Crippen LogP contribution in [0.1, 0.15) is 271 Å². The second-order valence-corrected chi connectivity index (χ2v) is 18.1. The highest BCUT2D eigenvalue weighted by atomic mass is 16.3. The maximum absolute atomic E-state index is 12.5. The summed E-state index contributed by atoms with van der Waals surface area (Å²) in [4.78, 5) is 12.5. The Balaban J connectivity index is 3.68. The molecule has 0 fully saturated rings. The van der Waals surface area contributed by atoms with Crippen LogP contribution in [0.5, 0.6) is 0 Å². The minimum absolute atomic E-state index is 0.00204. The topological polar surface area (TPSA) is 89.8 Å². The number of amides is 1. The number of unbranched alkanes of at least 4 members (excludes halogenated alkanes) is 33. The molecular weight excluding hydrogens is 739 g/mol. The zero-order valence-electron chi connectivity index (χ0n) is 40.1. The molecule has 1 amide bonds. The van der Waals surface area contributed by atoms with E-state index in [1.165, 1.54) is 205 Å². The normalized spacial score (nSPS) is 13.8. The van der Waals surface area contributed by atoms with E-state index in [0.717, 1.165) is 38.5 Å². The van der Waals surface area contributed by atoms with Crippen molar-refractivity contribution in [2.45, 2.75) is 289 Å². The number of carbonyl (C=O) groups is 1. The zero-order valence-corrected chi connectivity index (χ0v) is 40.1. The first-order valence-corrected chi connectivity index (χ1v) is 26.4. The van der Waals surface area contributed by atoms with Gasteiger partial charge in [0.15, 0.2) is 0 Å². The molecule has 0 radical (unpaired) electrons. The Morgan fingerprint density at radius 3 is 1.07 bits per heavy atom. The van der Waals surface area contributed by atoms with Crippen molar-refractivity contribution in [1.29, 1.82) is 0 Å². The molecule has 0 aromatic heterocycles. The Morgan fingerprint density at radius 1 is 0.417 bits per heavy atom. The molecule has 0 bridgehead atoms. The molecule has 0 aliphatic carbocycles. The number of rotatable bonds is 48. The first kappa shape index (κ1) is 58.3. The van der Waals surface area contributed by atoms with Crippen LogP contribution in [0, 0.1) is 0 Å². The van der Waals surface area contributed by atoms with E-state index in [2.05, 4.69) is 55.6 Å². The largest absolute Gasteiger partial charge is 0.394 e. The molecule has 5 nitrogen and oxygen atoms in total. The van der Waals surface area contributed by atoms with E-state index >= 15 is 0 Å². The predicted molar refractivity (Wildman–Crippen MR) is 264 cm³/mol. The number of allylic oxidation sites excluding steroid dienone is 7. The summed E-state index contributed by atoms with van der Waals surface area (Å²) in [7, 11) is 0. The summed E-state index contributed by atoms with van der Waals surface area (Å²) < 4.78 is 0. The van der Waals surface area contributed by atoms with E-state index in [-0.39, 0.29) is 18.9 Å². The Bertz CT molecular complexity index is 974. The molecule has 0 aromatic rings. The molecule has 0 saturated heterocycles. The number of aliphatic hydroxyl groups excluding tert-OH is 3. The van der Waals surface area contributed by atoms with Gasteiger partial charge in [0.05, 0.1) is 31.3 Å². The highest BCUT2D eigenvalue weighted by molar-refractivity contribution is 5.76. The summed E-state index contributed by atoms with van der Waals surface area (Å²) >= 11 is 0. The van der Waals surface area contributed by atoms with Crippen LogP contribution in [-0.2, 0) is 4.79 Å². The summed E-state index contributed by atoms with van der Waals surface area (Å²) in [5.74, 6) is -0.331. The number of nitrogens with one attached hydrogen (secondary N) is 1. The predicted octanol–water partition coefficient (Wildman–Crippen LogP) is 16.1. The minimum atomic E-state index is -0.963. The third kappa shape index (κ3) is 45.8. The average Bonchev–Trinajstić information content (AvgIpc) is 3.24. The van der Waals surface area contributed by atoms with E-state index in [1.54, 1.807) is 6.08 Å². The van der Waals surface area contributed by atoms with Crippen LogP contribution in [0.3, 0.4) is 0 Å². The van der Waals surface area contributed by atoms with Crippen molar-refractivity contribution in [1.82, 2.24) is 5.32 Å². The number of aliphatic hydroxyl groups is 3.